The Balaban J connectivity index is 1.96. The van der Waals surface area contributed by atoms with E-state index in [1.54, 1.807) is 23.1 Å². The predicted octanol–water partition coefficient (Wildman–Crippen LogP) is 2.73. The van der Waals surface area contributed by atoms with Gasteiger partial charge in [-0.2, -0.15) is 0 Å². The maximum absolute atomic E-state index is 12.0. The standard InChI is InChI=1S/C14H16Cl2N2O3/c15-10-2-1-3-11(16)14(10)17-12(19)7-18(8-13(20)21)6-9-4-5-9/h1-3,9H,4-8H2,(H,17,19)(H,20,21). The number of benzene rings is 1. The smallest absolute Gasteiger partial charge is 0.317 e. The molecule has 0 aliphatic heterocycles. The molecule has 0 saturated heterocycles. The van der Waals surface area contributed by atoms with E-state index in [9.17, 15) is 9.59 Å². The van der Waals surface area contributed by atoms with E-state index < -0.39 is 5.97 Å². The molecule has 2 rings (SSSR count). The Labute approximate surface area is 132 Å². The van der Waals surface area contributed by atoms with Gasteiger partial charge in [-0.25, -0.2) is 0 Å². The summed E-state index contributed by atoms with van der Waals surface area (Å²) in [7, 11) is 0. The lowest BCUT2D eigenvalue weighted by Crippen LogP contribution is -2.38. The molecule has 21 heavy (non-hydrogen) atoms. The molecule has 114 valence electrons. The molecule has 0 bridgehead atoms. The van der Waals surface area contributed by atoms with Gasteiger partial charge in [0.05, 0.1) is 28.8 Å². The third kappa shape index (κ3) is 5.19. The van der Waals surface area contributed by atoms with Crippen molar-refractivity contribution in [2.24, 2.45) is 5.92 Å². The summed E-state index contributed by atoms with van der Waals surface area (Å²) < 4.78 is 0. The molecule has 1 amide bonds. The maximum Gasteiger partial charge on any atom is 0.317 e. The van der Waals surface area contributed by atoms with Crippen molar-refractivity contribution in [3.05, 3.63) is 28.2 Å². The number of rotatable bonds is 7. The number of amides is 1. The molecule has 1 aromatic rings. The van der Waals surface area contributed by atoms with Crippen molar-refractivity contribution >= 4 is 40.8 Å². The zero-order chi connectivity index (χ0) is 15.4. The summed E-state index contributed by atoms with van der Waals surface area (Å²) in [5, 5.41) is 12.2. The van der Waals surface area contributed by atoms with Crippen LogP contribution in [-0.4, -0.2) is 41.5 Å². The minimum Gasteiger partial charge on any atom is -0.480 e. The number of hydrogen-bond acceptors (Lipinski definition) is 3. The number of carboxylic acids is 1. The Bertz CT molecular complexity index is 527. The first-order valence-electron chi connectivity index (χ1n) is 6.63. The average molecular weight is 331 g/mol. The Morgan fingerprint density at radius 3 is 2.38 bits per heavy atom. The fourth-order valence-corrected chi connectivity index (χ4v) is 2.53. The van der Waals surface area contributed by atoms with Gasteiger partial charge in [0, 0.05) is 6.54 Å². The summed E-state index contributed by atoms with van der Waals surface area (Å²) in [6.45, 7) is 0.473. The predicted molar refractivity (Wildman–Crippen MR) is 81.9 cm³/mol. The second-order valence-corrected chi connectivity index (χ2v) is 5.97. The van der Waals surface area contributed by atoms with Crippen LogP contribution in [0.15, 0.2) is 18.2 Å². The first-order chi connectivity index (χ1) is 9.95. The molecule has 1 saturated carbocycles. The van der Waals surface area contributed by atoms with Crippen LogP contribution in [0.1, 0.15) is 12.8 Å². The second kappa shape index (κ2) is 7.11. The van der Waals surface area contributed by atoms with Crippen LogP contribution in [-0.2, 0) is 9.59 Å². The highest BCUT2D eigenvalue weighted by atomic mass is 35.5. The molecule has 1 aromatic carbocycles. The molecule has 2 N–H and O–H groups in total. The van der Waals surface area contributed by atoms with Crippen molar-refractivity contribution in [1.29, 1.82) is 0 Å². The van der Waals surface area contributed by atoms with Crippen LogP contribution in [0.25, 0.3) is 0 Å². The molecular weight excluding hydrogens is 315 g/mol. The Morgan fingerprint density at radius 2 is 1.86 bits per heavy atom. The molecule has 1 fully saturated rings. The fraction of sp³-hybridized carbons (Fsp3) is 0.429. The second-order valence-electron chi connectivity index (χ2n) is 5.15. The van der Waals surface area contributed by atoms with Crippen LogP contribution in [0.5, 0.6) is 0 Å². The highest BCUT2D eigenvalue weighted by molar-refractivity contribution is 6.39. The average Bonchev–Trinajstić information content (AvgIpc) is 3.17. The van der Waals surface area contributed by atoms with Gasteiger partial charge < -0.3 is 10.4 Å². The summed E-state index contributed by atoms with van der Waals surface area (Å²) in [6.07, 6.45) is 2.18. The molecule has 5 nitrogen and oxygen atoms in total. The van der Waals surface area contributed by atoms with Crippen molar-refractivity contribution in [2.75, 3.05) is 25.0 Å². The lowest BCUT2D eigenvalue weighted by Gasteiger charge is -2.19. The number of nitrogens with one attached hydrogen (secondary N) is 1. The van der Waals surface area contributed by atoms with Crippen LogP contribution < -0.4 is 5.32 Å². The van der Waals surface area contributed by atoms with E-state index in [-0.39, 0.29) is 19.0 Å². The SMILES string of the molecule is O=C(O)CN(CC(=O)Nc1c(Cl)cccc1Cl)CC1CC1. The van der Waals surface area contributed by atoms with Gasteiger partial charge in [0.15, 0.2) is 0 Å². The van der Waals surface area contributed by atoms with Gasteiger partial charge in [0.25, 0.3) is 0 Å². The zero-order valence-corrected chi connectivity index (χ0v) is 12.8. The number of carboxylic acid groups (broad SMARTS) is 1. The van der Waals surface area contributed by atoms with E-state index >= 15 is 0 Å². The van der Waals surface area contributed by atoms with Crippen molar-refractivity contribution in [2.45, 2.75) is 12.8 Å². The van der Waals surface area contributed by atoms with E-state index in [1.165, 1.54) is 0 Å². The number of nitrogens with zero attached hydrogens (tertiary/aromatic N) is 1. The number of aliphatic carboxylic acids is 1. The van der Waals surface area contributed by atoms with Crippen molar-refractivity contribution < 1.29 is 14.7 Å². The molecule has 1 aliphatic rings. The largest absolute Gasteiger partial charge is 0.480 e. The van der Waals surface area contributed by atoms with Crippen LogP contribution in [0.2, 0.25) is 10.0 Å². The zero-order valence-electron chi connectivity index (χ0n) is 11.3. The topological polar surface area (TPSA) is 69.6 Å². The highest BCUT2D eigenvalue weighted by Gasteiger charge is 2.26. The molecular formula is C14H16Cl2N2O3. The summed E-state index contributed by atoms with van der Waals surface area (Å²) in [5.74, 6) is -0.771. The molecule has 0 unspecified atom stereocenters. The van der Waals surface area contributed by atoms with Crippen molar-refractivity contribution in [3.8, 4) is 0 Å². The third-order valence-corrected chi connectivity index (χ3v) is 3.80. The molecule has 0 heterocycles. The monoisotopic (exact) mass is 330 g/mol. The first kappa shape index (κ1) is 16.1. The summed E-state index contributed by atoms with van der Waals surface area (Å²) in [4.78, 5) is 24.5. The van der Waals surface area contributed by atoms with Crippen LogP contribution in [0.3, 0.4) is 0 Å². The Kier molecular flexibility index (Phi) is 5.45. The number of para-hydroxylation sites is 1. The molecule has 7 heteroatoms. The molecule has 1 aliphatic carbocycles. The number of halogens is 2. The summed E-state index contributed by atoms with van der Waals surface area (Å²) in [6, 6.07) is 4.94. The molecule has 0 spiro atoms. The maximum atomic E-state index is 12.0. The normalized spacial score (nSPS) is 14.2. The number of anilines is 1. The third-order valence-electron chi connectivity index (χ3n) is 3.17. The van der Waals surface area contributed by atoms with Gasteiger partial charge in [0.1, 0.15) is 0 Å². The van der Waals surface area contributed by atoms with Gasteiger partial charge in [0.2, 0.25) is 5.91 Å². The van der Waals surface area contributed by atoms with E-state index in [0.717, 1.165) is 12.8 Å². The number of carbonyl (C=O) groups is 2. The molecule has 0 radical (unpaired) electrons. The van der Waals surface area contributed by atoms with Crippen molar-refractivity contribution in [3.63, 3.8) is 0 Å². The van der Waals surface area contributed by atoms with Gasteiger partial charge >= 0.3 is 5.97 Å². The van der Waals surface area contributed by atoms with Crippen LogP contribution in [0, 0.1) is 5.92 Å². The first-order valence-corrected chi connectivity index (χ1v) is 7.39. The lowest BCUT2D eigenvalue weighted by molar-refractivity contribution is -0.138. The van der Waals surface area contributed by atoms with Gasteiger partial charge in [-0.3, -0.25) is 14.5 Å². The van der Waals surface area contributed by atoms with E-state index in [1.807, 2.05) is 0 Å². The van der Waals surface area contributed by atoms with Gasteiger partial charge in [-0.15, -0.1) is 0 Å². The molecule has 0 atom stereocenters. The minimum absolute atomic E-state index is 0.00432. The summed E-state index contributed by atoms with van der Waals surface area (Å²) in [5.41, 5.74) is 0.354. The van der Waals surface area contributed by atoms with Gasteiger partial charge in [-0.05, 0) is 30.9 Å². The molecule has 0 aromatic heterocycles. The van der Waals surface area contributed by atoms with Crippen LogP contribution >= 0.6 is 23.2 Å². The fourth-order valence-electron chi connectivity index (χ4n) is 2.04. The number of carbonyl (C=O) groups excluding carboxylic acids is 1. The Hall–Kier alpha value is -1.30. The van der Waals surface area contributed by atoms with Gasteiger partial charge in [-0.1, -0.05) is 29.3 Å². The van der Waals surface area contributed by atoms with Crippen LogP contribution in [0.4, 0.5) is 5.69 Å². The lowest BCUT2D eigenvalue weighted by atomic mass is 10.3. The van der Waals surface area contributed by atoms with E-state index in [2.05, 4.69) is 5.32 Å². The Morgan fingerprint density at radius 1 is 1.24 bits per heavy atom. The highest BCUT2D eigenvalue weighted by Crippen LogP contribution is 2.31. The minimum atomic E-state index is -0.945. The quantitative estimate of drug-likeness (QED) is 0.806. The van der Waals surface area contributed by atoms with E-state index in [4.69, 9.17) is 28.3 Å². The van der Waals surface area contributed by atoms with E-state index in [0.29, 0.717) is 28.2 Å². The number of hydrogen-bond donors (Lipinski definition) is 2. The summed E-state index contributed by atoms with van der Waals surface area (Å²) >= 11 is 12.0. The van der Waals surface area contributed by atoms with Crippen molar-refractivity contribution in [1.82, 2.24) is 4.90 Å².